The first-order chi connectivity index (χ1) is 13.2. The zero-order chi connectivity index (χ0) is 19.1. The van der Waals surface area contributed by atoms with E-state index in [-0.39, 0.29) is 4.75 Å². The van der Waals surface area contributed by atoms with Gasteiger partial charge in [0.05, 0.1) is 0 Å². The van der Waals surface area contributed by atoms with Gasteiger partial charge in [-0.3, -0.25) is 4.99 Å². The third-order valence-electron chi connectivity index (χ3n) is 6.07. The Balaban J connectivity index is 1.58. The smallest absolute Gasteiger partial charge is 0.193 e. The number of benzene rings is 1. The van der Waals surface area contributed by atoms with Crippen molar-refractivity contribution in [3.05, 3.63) is 35.9 Å². The van der Waals surface area contributed by atoms with E-state index >= 15 is 0 Å². The molecule has 1 N–H and O–H groups in total. The van der Waals surface area contributed by atoms with Crippen LogP contribution in [0.15, 0.2) is 35.3 Å². The Morgan fingerprint density at radius 2 is 2.04 bits per heavy atom. The van der Waals surface area contributed by atoms with Crippen molar-refractivity contribution in [3.63, 3.8) is 0 Å². The summed E-state index contributed by atoms with van der Waals surface area (Å²) in [7, 11) is 1.92. The molecule has 0 saturated carbocycles. The zero-order valence-corrected chi connectivity index (χ0v) is 17.9. The highest BCUT2D eigenvalue weighted by Crippen LogP contribution is 2.35. The minimum absolute atomic E-state index is 0.289. The molecule has 2 aliphatic heterocycles. The van der Waals surface area contributed by atoms with Crippen LogP contribution in [-0.4, -0.2) is 61.3 Å². The molecule has 0 bridgehead atoms. The third kappa shape index (κ3) is 5.20. The molecule has 0 amide bonds. The van der Waals surface area contributed by atoms with Crippen LogP contribution in [0, 0.1) is 5.92 Å². The largest absolute Gasteiger partial charge is 0.381 e. The van der Waals surface area contributed by atoms with Crippen LogP contribution in [0.4, 0.5) is 0 Å². The second-order valence-corrected chi connectivity index (χ2v) is 9.59. The number of nitrogens with zero attached hydrogens (tertiary/aromatic N) is 2. The number of aliphatic imine (C=N–C) groups is 1. The molecular weight excluding hydrogens is 354 g/mol. The molecule has 2 heterocycles. The summed E-state index contributed by atoms with van der Waals surface area (Å²) in [5.74, 6) is 3.50. The molecule has 2 fully saturated rings. The van der Waals surface area contributed by atoms with Gasteiger partial charge in [0.1, 0.15) is 0 Å². The second kappa shape index (κ2) is 9.83. The molecule has 0 radical (unpaired) electrons. The molecule has 4 nitrogen and oxygen atoms in total. The maximum Gasteiger partial charge on any atom is 0.193 e. The van der Waals surface area contributed by atoms with E-state index in [9.17, 15) is 0 Å². The Bertz CT molecular complexity index is 595. The standard InChI is InChI=1S/C22H35N3OS/c1-4-27-22(11-14-26-15-12-22)17-24-21(23-3)25-13-10-20(18(2)16-25)19-8-6-5-7-9-19/h5-9,18,20H,4,10-17H2,1-3H3,(H,23,24). The Hall–Kier alpha value is -1.20. The van der Waals surface area contributed by atoms with E-state index in [1.807, 2.05) is 7.05 Å². The minimum Gasteiger partial charge on any atom is -0.381 e. The summed E-state index contributed by atoms with van der Waals surface area (Å²) in [5, 5.41) is 3.71. The summed E-state index contributed by atoms with van der Waals surface area (Å²) in [4.78, 5) is 7.06. The molecule has 5 heteroatoms. The number of likely N-dealkylation sites (tertiary alicyclic amines) is 1. The van der Waals surface area contributed by atoms with Gasteiger partial charge in [-0.1, -0.05) is 44.2 Å². The predicted octanol–water partition coefficient (Wildman–Crippen LogP) is 3.99. The molecule has 2 aliphatic rings. The van der Waals surface area contributed by atoms with Crippen LogP contribution < -0.4 is 5.32 Å². The van der Waals surface area contributed by atoms with Gasteiger partial charge < -0.3 is 15.0 Å². The lowest BCUT2D eigenvalue weighted by molar-refractivity contribution is 0.0779. The molecule has 2 unspecified atom stereocenters. The first-order valence-corrected chi connectivity index (χ1v) is 11.4. The van der Waals surface area contributed by atoms with Gasteiger partial charge in [-0.25, -0.2) is 0 Å². The predicted molar refractivity (Wildman–Crippen MR) is 117 cm³/mol. The number of hydrogen-bond donors (Lipinski definition) is 1. The molecular formula is C22H35N3OS. The number of hydrogen-bond acceptors (Lipinski definition) is 3. The summed E-state index contributed by atoms with van der Waals surface area (Å²) >= 11 is 2.08. The first-order valence-electron chi connectivity index (χ1n) is 10.4. The van der Waals surface area contributed by atoms with Crippen molar-refractivity contribution in [3.8, 4) is 0 Å². The highest BCUT2D eigenvalue weighted by Gasteiger charge is 2.34. The van der Waals surface area contributed by atoms with E-state index in [0.717, 1.165) is 57.4 Å². The topological polar surface area (TPSA) is 36.9 Å². The Labute approximate surface area is 169 Å². The maximum atomic E-state index is 5.61. The van der Waals surface area contributed by atoms with Crippen molar-refractivity contribution >= 4 is 17.7 Å². The molecule has 2 atom stereocenters. The quantitative estimate of drug-likeness (QED) is 0.610. The van der Waals surface area contributed by atoms with Crippen molar-refractivity contribution in [2.75, 3.05) is 45.6 Å². The van der Waals surface area contributed by atoms with Crippen LogP contribution in [0.2, 0.25) is 0 Å². The fourth-order valence-electron chi connectivity index (χ4n) is 4.53. The van der Waals surface area contributed by atoms with E-state index in [4.69, 9.17) is 4.74 Å². The fraction of sp³-hybridized carbons (Fsp3) is 0.682. The lowest BCUT2D eigenvalue weighted by Crippen LogP contribution is -2.52. The van der Waals surface area contributed by atoms with Crippen LogP contribution in [0.3, 0.4) is 0 Å². The summed E-state index contributed by atoms with van der Waals surface area (Å²) in [6, 6.07) is 11.0. The highest BCUT2D eigenvalue weighted by atomic mass is 32.2. The lowest BCUT2D eigenvalue weighted by atomic mass is 9.82. The summed E-state index contributed by atoms with van der Waals surface area (Å²) in [5.41, 5.74) is 1.48. The molecule has 0 aromatic heterocycles. The van der Waals surface area contributed by atoms with Crippen molar-refractivity contribution < 1.29 is 4.74 Å². The average molecular weight is 390 g/mol. The van der Waals surface area contributed by atoms with E-state index in [1.165, 1.54) is 12.0 Å². The Morgan fingerprint density at radius 3 is 2.67 bits per heavy atom. The number of rotatable bonds is 5. The van der Waals surface area contributed by atoms with Gasteiger partial charge in [0, 0.05) is 44.6 Å². The number of thioether (sulfide) groups is 1. The van der Waals surface area contributed by atoms with Crippen LogP contribution in [-0.2, 0) is 4.74 Å². The van der Waals surface area contributed by atoms with E-state index < -0.39 is 0 Å². The number of nitrogens with one attached hydrogen (secondary N) is 1. The van der Waals surface area contributed by atoms with Gasteiger partial charge in [-0.2, -0.15) is 11.8 Å². The van der Waals surface area contributed by atoms with Crippen LogP contribution in [0.25, 0.3) is 0 Å². The third-order valence-corrected chi connectivity index (χ3v) is 7.52. The SMILES string of the molecule is CCSC1(CNC(=NC)N2CCC(c3ccccc3)C(C)C2)CCOCC1. The molecule has 0 aliphatic carbocycles. The summed E-state index contributed by atoms with van der Waals surface area (Å²) < 4.78 is 5.90. The summed E-state index contributed by atoms with van der Waals surface area (Å²) in [6.07, 6.45) is 3.44. The molecule has 3 rings (SSSR count). The highest BCUT2D eigenvalue weighted by molar-refractivity contribution is 8.00. The van der Waals surface area contributed by atoms with Gasteiger partial charge in [0.25, 0.3) is 0 Å². The minimum atomic E-state index is 0.289. The number of guanidine groups is 1. The van der Waals surface area contributed by atoms with Gasteiger partial charge in [0.2, 0.25) is 0 Å². The molecule has 1 aromatic rings. The fourth-order valence-corrected chi connectivity index (χ4v) is 5.77. The molecule has 1 aromatic carbocycles. The monoisotopic (exact) mass is 389 g/mol. The van der Waals surface area contributed by atoms with Crippen LogP contribution in [0.1, 0.15) is 44.6 Å². The summed E-state index contributed by atoms with van der Waals surface area (Å²) in [6.45, 7) is 9.52. The van der Waals surface area contributed by atoms with E-state index in [1.54, 1.807) is 0 Å². The molecule has 2 saturated heterocycles. The lowest BCUT2D eigenvalue weighted by Gasteiger charge is -2.41. The van der Waals surface area contributed by atoms with Gasteiger partial charge in [-0.15, -0.1) is 0 Å². The normalized spacial score (nSPS) is 26.0. The van der Waals surface area contributed by atoms with Crippen molar-refractivity contribution in [2.45, 2.75) is 43.8 Å². The van der Waals surface area contributed by atoms with Crippen LogP contribution >= 0.6 is 11.8 Å². The van der Waals surface area contributed by atoms with E-state index in [0.29, 0.717) is 11.8 Å². The Kier molecular flexibility index (Phi) is 7.48. The van der Waals surface area contributed by atoms with Crippen molar-refractivity contribution in [1.29, 1.82) is 0 Å². The van der Waals surface area contributed by atoms with Crippen LogP contribution in [0.5, 0.6) is 0 Å². The maximum absolute atomic E-state index is 5.61. The van der Waals surface area contributed by atoms with Crippen molar-refractivity contribution in [2.24, 2.45) is 10.9 Å². The van der Waals surface area contributed by atoms with Gasteiger partial charge >= 0.3 is 0 Å². The first kappa shape index (κ1) is 20.5. The van der Waals surface area contributed by atoms with E-state index in [2.05, 4.69) is 71.2 Å². The van der Waals surface area contributed by atoms with Gasteiger partial charge in [-0.05, 0) is 42.4 Å². The number of ether oxygens (including phenoxy) is 1. The number of piperidine rings is 1. The van der Waals surface area contributed by atoms with Crippen molar-refractivity contribution in [1.82, 2.24) is 10.2 Å². The Morgan fingerprint density at radius 1 is 1.30 bits per heavy atom. The zero-order valence-electron chi connectivity index (χ0n) is 17.1. The van der Waals surface area contributed by atoms with Gasteiger partial charge in [0.15, 0.2) is 5.96 Å². The molecule has 150 valence electrons. The molecule has 27 heavy (non-hydrogen) atoms. The average Bonchev–Trinajstić information content (AvgIpc) is 2.70. The second-order valence-electron chi connectivity index (χ2n) is 7.86. The molecule has 0 spiro atoms.